The molecular formula is C5H4BrN5O. The third-order valence-corrected chi connectivity index (χ3v) is 1.90. The number of halogens is 1. The first kappa shape index (κ1) is 7.29. The van der Waals surface area contributed by atoms with E-state index < -0.39 is 0 Å². The van der Waals surface area contributed by atoms with Gasteiger partial charge in [-0.1, -0.05) is 0 Å². The molecule has 0 amide bonds. The smallest absolute Gasteiger partial charge is 0.280 e. The van der Waals surface area contributed by atoms with Crippen molar-refractivity contribution in [2.45, 2.75) is 0 Å². The van der Waals surface area contributed by atoms with Crippen molar-refractivity contribution in [2.75, 3.05) is 5.73 Å². The van der Waals surface area contributed by atoms with Crippen molar-refractivity contribution in [1.29, 1.82) is 0 Å². The SMILES string of the molecule is Nc1nc2c(ncn2Br)c(=O)[nH]1. The average molecular weight is 230 g/mol. The summed E-state index contributed by atoms with van der Waals surface area (Å²) in [7, 11) is 0. The molecule has 2 aromatic rings. The van der Waals surface area contributed by atoms with Gasteiger partial charge in [-0.3, -0.25) is 9.78 Å². The molecule has 6 nitrogen and oxygen atoms in total. The molecule has 2 aromatic heterocycles. The first-order valence-electron chi connectivity index (χ1n) is 3.07. The molecule has 0 aromatic carbocycles. The van der Waals surface area contributed by atoms with E-state index in [0.29, 0.717) is 5.65 Å². The fourth-order valence-corrected chi connectivity index (χ4v) is 1.24. The lowest BCUT2D eigenvalue weighted by Gasteiger charge is -1.92. The van der Waals surface area contributed by atoms with Crippen molar-refractivity contribution in [2.24, 2.45) is 0 Å². The quantitative estimate of drug-likeness (QED) is 0.659. The Balaban J connectivity index is 3.03. The topological polar surface area (TPSA) is 89.6 Å². The summed E-state index contributed by atoms with van der Waals surface area (Å²) in [5.74, 6) is 0.0775. The molecule has 0 atom stereocenters. The number of hydrogen-bond donors (Lipinski definition) is 2. The number of rotatable bonds is 0. The molecule has 0 fully saturated rings. The highest BCUT2D eigenvalue weighted by molar-refractivity contribution is 9.08. The standard InChI is InChI=1S/C5H4BrN5O/c6-11-1-8-2-3(11)9-5(7)10-4(2)12/h1H,(H3,7,9,10,12). The fourth-order valence-electron chi connectivity index (χ4n) is 0.900. The van der Waals surface area contributed by atoms with Crippen LogP contribution in [0.25, 0.3) is 11.2 Å². The first-order chi connectivity index (χ1) is 5.68. The molecule has 0 saturated heterocycles. The van der Waals surface area contributed by atoms with Gasteiger partial charge in [0.2, 0.25) is 5.95 Å². The third-order valence-electron chi connectivity index (χ3n) is 1.39. The van der Waals surface area contributed by atoms with Crippen LogP contribution in [-0.2, 0) is 0 Å². The normalized spacial score (nSPS) is 10.8. The van der Waals surface area contributed by atoms with Crippen molar-refractivity contribution in [1.82, 2.24) is 18.5 Å². The molecule has 7 heteroatoms. The lowest BCUT2D eigenvalue weighted by Crippen LogP contribution is -2.11. The number of nitrogen functional groups attached to an aromatic ring is 1. The van der Waals surface area contributed by atoms with Gasteiger partial charge in [-0.15, -0.1) is 0 Å². The molecule has 2 heterocycles. The summed E-state index contributed by atoms with van der Waals surface area (Å²) in [5, 5.41) is 0. The average Bonchev–Trinajstić information content (AvgIpc) is 2.33. The van der Waals surface area contributed by atoms with E-state index in [-0.39, 0.29) is 17.0 Å². The van der Waals surface area contributed by atoms with Gasteiger partial charge in [0.15, 0.2) is 11.2 Å². The Morgan fingerprint density at radius 3 is 3.17 bits per heavy atom. The Hall–Kier alpha value is -1.37. The molecule has 12 heavy (non-hydrogen) atoms. The number of anilines is 1. The monoisotopic (exact) mass is 229 g/mol. The molecule has 0 saturated carbocycles. The van der Waals surface area contributed by atoms with Gasteiger partial charge < -0.3 is 5.73 Å². The number of nitrogens with zero attached hydrogens (tertiary/aromatic N) is 3. The maximum Gasteiger partial charge on any atom is 0.280 e. The summed E-state index contributed by atoms with van der Waals surface area (Å²) in [5.41, 5.74) is 5.66. The summed E-state index contributed by atoms with van der Waals surface area (Å²) < 4.78 is 1.45. The minimum Gasteiger partial charge on any atom is -0.369 e. The molecule has 0 aliphatic carbocycles. The molecule has 0 unspecified atom stereocenters. The number of fused-ring (bicyclic) bond motifs is 1. The Labute approximate surface area is 74.8 Å². The van der Waals surface area contributed by atoms with Gasteiger partial charge in [0, 0.05) is 0 Å². The molecule has 0 radical (unpaired) electrons. The molecular weight excluding hydrogens is 226 g/mol. The predicted molar refractivity (Wildman–Crippen MR) is 46.9 cm³/mol. The predicted octanol–water partition coefficient (Wildman–Crippen LogP) is -0.140. The van der Waals surface area contributed by atoms with Crippen LogP contribution in [0.3, 0.4) is 0 Å². The van der Waals surface area contributed by atoms with Gasteiger partial charge in [-0.25, -0.2) is 8.58 Å². The van der Waals surface area contributed by atoms with E-state index in [0.717, 1.165) is 0 Å². The number of hydrogen-bond acceptors (Lipinski definition) is 4. The van der Waals surface area contributed by atoms with Crippen LogP contribution >= 0.6 is 16.1 Å². The Morgan fingerprint density at radius 1 is 1.67 bits per heavy atom. The minimum atomic E-state index is -0.337. The summed E-state index contributed by atoms with van der Waals surface area (Å²) in [4.78, 5) is 21.2. The van der Waals surface area contributed by atoms with Gasteiger partial charge >= 0.3 is 0 Å². The first-order valence-corrected chi connectivity index (χ1v) is 3.78. The Morgan fingerprint density at radius 2 is 2.42 bits per heavy atom. The van der Waals surface area contributed by atoms with Gasteiger partial charge in [0.05, 0.1) is 16.1 Å². The highest BCUT2D eigenvalue weighted by atomic mass is 79.9. The van der Waals surface area contributed by atoms with E-state index in [4.69, 9.17) is 5.73 Å². The highest BCUT2D eigenvalue weighted by Crippen LogP contribution is 2.07. The number of aromatic nitrogens is 4. The number of aromatic amines is 1. The van der Waals surface area contributed by atoms with E-state index in [2.05, 4.69) is 31.1 Å². The molecule has 2 rings (SSSR count). The summed E-state index contributed by atoms with van der Waals surface area (Å²) in [6, 6.07) is 0. The van der Waals surface area contributed by atoms with Crippen LogP contribution in [0.5, 0.6) is 0 Å². The number of nitrogens with two attached hydrogens (primary N) is 1. The van der Waals surface area contributed by atoms with Crippen LogP contribution in [0.2, 0.25) is 0 Å². The van der Waals surface area contributed by atoms with Crippen molar-refractivity contribution in [3.8, 4) is 0 Å². The molecule has 0 spiro atoms. The molecule has 0 aliphatic heterocycles. The largest absolute Gasteiger partial charge is 0.369 e. The van der Waals surface area contributed by atoms with Crippen LogP contribution in [-0.4, -0.2) is 18.5 Å². The number of H-pyrrole nitrogens is 1. The third kappa shape index (κ3) is 0.900. The van der Waals surface area contributed by atoms with Gasteiger partial charge in [-0.05, 0) is 0 Å². The summed E-state index contributed by atoms with van der Waals surface area (Å²) in [6.45, 7) is 0. The minimum absolute atomic E-state index is 0.0775. The van der Waals surface area contributed by atoms with E-state index >= 15 is 0 Å². The van der Waals surface area contributed by atoms with E-state index in [1.807, 2.05) is 0 Å². The van der Waals surface area contributed by atoms with Crippen LogP contribution in [0.15, 0.2) is 11.1 Å². The zero-order valence-electron chi connectivity index (χ0n) is 5.78. The Bertz CT molecular complexity index is 486. The van der Waals surface area contributed by atoms with Crippen molar-refractivity contribution in [3.63, 3.8) is 0 Å². The van der Waals surface area contributed by atoms with Gasteiger partial charge in [0.25, 0.3) is 5.56 Å². The molecule has 0 aliphatic rings. The van der Waals surface area contributed by atoms with Crippen LogP contribution in [0, 0.1) is 0 Å². The number of nitrogens with one attached hydrogen (secondary N) is 1. The van der Waals surface area contributed by atoms with Crippen molar-refractivity contribution < 1.29 is 0 Å². The second-order valence-electron chi connectivity index (χ2n) is 2.18. The Kier molecular flexibility index (Phi) is 1.40. The molecule has 62 valence electrons. The highest BCUT2D eigenvalue weighted by Gasteiger charge is 2.06. The zero-order valence-corrected chi connectivity index (χ0v) is 7.37. The van der Waals surface area contributed by atoms with Crippen molar-refractivity contribution >= 4 is 33.3 Å². The zero-order chi connectivity index (χ0) is 8.72. The maximum absolute atomic E-state index is 11.1. The summed E-state index contributed by atoms with van der Waals surface area (Å²) in [6.07, 6.45) is 1.44. The lowest BCUT2D eigenvalue weighted by molar-refractivity contribution is 1.16. The van der Waals surface area contributed by atoms with Crippen LogP contribution in [0.4, 0.5) is 5.95 Å². The van der Waals surface area contributed by atoms with Crippen molar-refractivity contribution in [3.05, 3.63) is 16.7 Å². The maximum atomic E-state index is 11.1. The van der Waals surface area contributed by atoms with Crippen LogP contribution in [0.1, 0.15) is 0 Å². The van der Waals surface area contributed by atoms with E-state index in [1.54, 1.807) is 0 Å². The van der Waals surface area contributed by atoms with Crippen LogP contribution < -0.4 is 11.3 Å². The fraction of sp³-hybridized carbons (Fsp3) is 0. The number of imidazole rings is 1. The summed E-state index contributed by atoms with van der Waals surface area (Å²) >= 11 is 3.12. The lowest BCUT2D eigenvalue weighted by atomic mass is 10.5. The van der Waals surface area contributed by atoms with E-state index in [9.17, 15) is 4.79 Å². The second-order valence-corrected chi connectivity index (χ2v) is 2.94. The molecule has 0 bridgehead atoms. The van der Waals surface area contributed by atoms with Gasteiger partial charge in [-0.2, -0.15) is 4.98 Å². The van der Waals surface area contributed by atoms with Gasteiger partial charge in [0.1, 0.15) is 6.33 Å². The van der Waals surface area contributed by atoms with E-state index in [1.165, 1.54) is 9.92 Å². The second kappa shape index (κ2) is 2.31. The molecule has 3 N–H and O–H groups in total.